The van der Waals surface area contributed by atoms with E-state index in [0.29, 0.717) is 0 Å². The summed E-state index contributed by atoms with van der Waals surface area (Å²) >= 11 is 0. The second-order valence-electron chi connectivity index (χ2n) is 3.61. The zero-order valence-corrected chi connectivity index (χ0v) is 8.64. The van der Waals surface area contributed by atoms with Crippen molar-refractivity contribution < 1.29 is 0 Å². The van der Waals surface area contributed by atoms with Crippen LogP contribution in [0.2, 0.25) is 0 Å². The number of nitrogens with one attached hydrogen (secondary N) is 2. The molecule has 0 amide bonds. The second kappa shape index (κ2) is 3.70. The number of hydrogen-bond donors (Lipinski definition) is 2. The molecule has 0 aliphatic carbocycles. The minimum Gasteiger partial charge on any atom is -0.338 e. The number of para-hydroxylation sites is 2. The number of rotatable bonds is 2. The Bertz CT molecular complexity index is 599. The Morgan fingerprint density at radius 2 is 1.62 bits per heavy atom. The van der Waals surface area contributed by atoms with Crippen LogP contribution in [-0.2, 0) is 0 Å². The van der Waals surface area contributed by atoms with Crippen molar-refractivity contribution in [3.05, 3.63) is 54.6 Å². The minimum absolute atomic E-state index is 0.863. The van der Waals surface area contributed by atoms with Crippen LogP contribution < -0.4 is 5.32 Å². The first-order valence-electron chi connectivity index (χ1n) is 5.19. The second-order valence-corrected chi connectivity index (χ2v) is 3.61. The molecule has 3 heteroatoms. The summed E-state index contributed by atoms with van der Waals surface area (Å²) in [6.07, 6.45) is 0. The molecular formula is C13H11N3. The summed E-state index contributed by atoms with van der Waals surface area (Å²) in [7, 11) is 0. The minimum atomic E-state index is 0.863. The lowest BCUT2D eigenvalue weighted by Crippen LogP contribution is -1.89. The molecule has 16 heavy (non-hydrogen) atoms. The number of benzene rings is 2. The summed E-state index contributed by atoms with van der Waals surface area (Å²) in [5.74, 6) is 0.863. The van der Waals surface area contributed by atoms with Gasteiger partial charge in [-0.3, -0.25) is 5.10 Å². The van der Waals surface area contributed by atoms with Crippen LogP contribution in [0.15, 0.2) is 54.6 Å². The summed E-state index contributed by atoms with van der Waals surface area (Å²) in [6.45, 7) is 0. The number of hydrogen-bond acceptors (Lipinski definition) is 2. The first-order chi connectivity index (χ1) is 7.93. The summed E-state index contributed by atoms with van der Waals surface area (Å²) < 4.78 is 0. The fourth-order valence-electron chi connectivity index (χ4n) is 1.72. The first kappa shape index (κ1) is 8.97. The van der Waals surface area contributed by atoms with Crippen LogP contribution in [0.1, 0.15) is 0 Å². The average Bonchev–Trinajstić information content (AvgIpc) is 2.74. The third kappa shape index (κ3) is 1.52. The van der Waals surface area contributed by atoms with Crippen LogP contribution >= 0.6 is 0 Å². The highest BCUT2D eigenvalue weighted by molar-refractivity contribution is 5.91. The molecule has 0 spiro atoms. The fraction of sp³-hybridized carbons (Fsp3) is 0. The van der Waals surface area contributed by atoms with E-state index in [1.165, 1.54) is 0 Å². The van der Waals surface area contributed by atoms with Crippen molar-refractivity contribution in [2.45, 2.75) is 0 Å². The van der Waals surface area contributed by atoms with Gasteiger partial charge in [-0.25, -0.2) is 0 Å². The molecule has 3 aromatic rings. The molecule has 0 unspecified atom stereocenters. The normalized spacial score (nSPS) is 10.5. The molecule has 0 saturated heterocycles. The first-order valence-corrected chi connectivity index (χ1v) is 5.19. The van der Waals surface area contributed by atoms with E-state index in [9.17, 15) is 0 Å². The number of nitrogens with zero attached hydrogens (tertiary/aromatic N) is 1. The Labute approximate surface area is 93.1 Å². The molecule has 2 aromatic carbocycles. The molecule has 0 radical (unpaired) electrons. The molecule has 0 bridgehead atoms. The smallest absolute Gasteiger partial charge is 0.160 e. The Morgan fingerprint density at radius 3 is 2.50 bits per heavy atom. The average molecular weight is 209 g/mol. The third-order valence-corrected chi connectivity index (χ3v) is 2.51. The van der Waals surface area contributed by atoms with Crippen molar-refractivity contribution in [1.82, 2.24) is 10.2 Å². The van der Waals surface area contributed by atoms with Crippen LogP contribution in [0, 0.1) is 0 Å². The van der Waals surface area contributed by atoms with E-state index in [0.717, 1.165) is 22.4 Å². The monoisotopic (exact) mass is 209 g/mol. The molecule has 0 atom stereocenters. The van der Waals surface area contributed by atoms with Gasteiger partial charge in [0.1, 0.15) is 0 Å². The van der Waals surface area contributed by atoms with Crippen molar-refractivity contribution in [3.8, 4) is 0 Å². The molecule has 0 aliphatic heterocycles. The van der Waals surface area contributed by atoms with Gasteiger partial charge in [-0.2, -0.15) is 5.10 Å². The lowest BCUT2D eigenvalue weighted by Gasteiger charge is -2.02. The van der Waals surface area contributed by atoms with Crippen molar-refractivity contribution >= 4 is 22.4 Å². The van der Waals surface area contributed by atoms with E-state index >= 15 is 0 Å². The highest BCUT2D eigenvalue weighted by atomic mass is 15.2. The number of anilines is 2. The van der Waals surface area contributed by atoms with E-state index in [4.69, 9.17) is 0 Å². The lowest BCUT2D eigenvalue weighted by molar-refractivity contribution is 1.12. The highest BCUT2D eigenvalue weighted by Crippen LogP contribution is 2.22. The molecule has 0 aliphatic rings. The fourth-order valence-corrected chi connectivity index (χ4v) is 1.72. The van der Waals surface area contributed by atoms with Crippen LogP contribution in [0.25, 0.3) is 10.9 Å². The molecule has 0 saturated carbocycles. The number of H-pyrrole nitrogens is 1. The largest absolute Gasteiger partial charge is 0.338 e. The highest BCUT2D eigenvalue weighted by Gasteiger charge is 2.03. The van der Waals surface area contributed by atoms with Gasteiger partial charge in [0.2, 0.25) is 0 Å². The number of aromatic amines is 1. The maximum atomic E-state index is 4.25. The van der Waals surface area contributed by atoms with Gasteiger partial charge in [0, 0.05) is 11.1 Å². The van der Waals surface area contributed by atoms with Gasteiger partial charge >= 0.3 is 0 Å². The van der Waals surface area contributed by atoms with E-state index in [1.807, 2.05) is 54.6 Å². The molecule has 1 heterocycles. The predicted molar refractivity (Wildman–Crippen MR) is 65.8 cm³/mol. The summed E-state index contributed by atoms with van der Waals surface area (Å²) in [5, 5.41) is 11.6. The maximum absolute atomic E-state index is 4.25. The van der Waals surface area contributed by atoms with Crippen molar-refractivity contribution in [1.29, 1.82) is 0 Å². The van der Waals surface area contributed by atoms with E-state index < -0.39 is 0 Å². The Morgan fingerprint density at radius 1 is 0.875 bits per heavy atom. The standard InChI is InChI=1S/C13H11N3/c1-2-6-10(7-3-1)14-13-11-8-4-5-9-12(11)15-16-13/h1-9H,(H2,14,15,16). The van der Waals surface area contributed by atoms with Gasteiger partial charge < -0.3 is 5.32 Å². The zero-order chi connectivity index (χ0) is 10.8. The van der Waals surface area contributed by atoms with Gasteiger partial charge in [0.15, 0.2) is 5.82 Å². The summed E-state index contributed by atoms with van der Waals surface area (Å²) in [4.78, 5) is 0. The SMILES string of the molecule is c1ccc(Nc2n[nH]c3ccccc23)cc1. The topological polar surface area (TPSA) is 40.7 Å². The molecule has 3 nitrogen and oxygen atoms in total. The van der Waals surface area contributed by atoms with Crippen molar-refractivity contribution in [2.75, 3.05) is 5.32 Å². The summed E-state index contributed by atoms with van der Waals surface area (Å²) in [5.41, 5.74) is 2.08. The van der Waals surface area contributed by atoms with Gasteiger partial charge in [0.25, 0.3) is 0 Å². The molecule has 2 N–H and O–H groups in total. The molecular weight excluding hydrogens is 198 g/mol. The zero-order valence-electron chi connectivity index (χ0n) is 8.64. The van der Waals surface area contributed by atoms with Gasteiger partial charge in [-0.15, -0.1) is 0 Å². The van der Waals surface area contributed by atoms with E-state index in [1.54, 1.807) is 0 Å². The Hall–Kier alpha value is -2.29. The van der Waals surface area contributed by atoms with Crippen LogP contribution in [0.4, 0.5) is 11.5 Å². The molecule has 1 aromatic heterocycles. The molecule has 78 valence electrons. The quantitative estimate of drug-likeness (QED) is 0.679. The number of aromatic nitrogens is 2. The lowest BCUT2D eigenvalue weighted by atomic mass is 10.2. The Balaban J connectivity index is 2.01. The van der Waals surface area contributed by atoms with Crippen molar-refractivity contribution in [3.63, 3.8) is 0 Å². The van der Waals surface area contributed by atoms with Crippen LogP contribution in [0.5, 0.6) is 0 Å². The van der Waals surface area contributed by atoms with Gasteiger partial charge in [-0.1, -0.05) is 30.3 Å². The van der Waals surface area contributed by atoms with Crippen molar-refractivity contribution in [2.24, 2.45) is 0 Å². The molecule has 3 rings (SSSR count). The summed E-state index contributed by atoms with van der Waals surface area (Å²) in [6, 6.07) is 18.1. The van der Waals surface area contributed by atoms with Gasteiger partial charge in [0.05, 0.1) is 5.52 Å². The van der Waals surface area contributed by atoms with Crippen LogP contribution in [0.3, 0.4) is 0 Å². The maximum Gasteiger partial charge on any atom is 0.160 e. The predicted octanol–water partition coefficient (Wildman–Crippen LogP) is 3.31. The molecule has 0 fully saturated rings. The Kier molecular flexibility index (Phi) is 2.07. The number of fused-ring (bicyclic) bond motifs is 1. The van der Waals surface area contributed by atoms with Crippen LogP contribution in [-0.4, -0.2) is 10.2 Å². The van der Waals surface area contributed by atoms with E-state index in [2.05, 4.69) is 15.5 Å². The third-order valence-electron chi connectivity index (χ3n) is 2.51. The van der Waals surface area contributed by atoms with Gasteiger partial charge in [-0.05, 0) is 24.3 Å². The van der Waals surface area contributed by atoms with E-state index in [-0.39, 0.29) is 0 Å².